The highest BCUT2D eigenvalue weighted by molar-refractivity contribution is 5.22. The van der Waals surface area contributed by atoms with E-state index in [9.17, 15) is 5.11 Å². The Labute approximate surface area is 124 Å². The molecule has 0 saturated heterocycles. The second-order valence-electron chi connectivity index (χ2n) is 5.47. The van der Waals surface area contributed by atoms with Gasteiger partial charge in [0.1, 0.15) is 5.60 Å². The van der Waals surface area contributed by atoms with Gasteiger partial charge in [0.05, 0.1) is 6.61 Å². The Hall–Kier alpha value is -0.860. The second-order valence-corrected chi connectivity index (χ2v) is 5.47. The van der Waals surface area contributed by atoms with Crippen LogP contribution in [0.1, 0.15) is 64.4 Å². The fraction of sp³-hybridized carbons (Fsp3) is 0.667. The van der Waals surface area contributed by atoms with Crippen LogP contribution < -0.4 is 0 Å². The van der Waals surface area contributed by atoms with Crippen LogP contribution in [-0.4, -0.2) is 18.3 Å². The van der Waals surface area contributed by atoms with E-state index in [4.69, 9.17) is 4.74 Å². The summed E-state index contributed by atoms with van der Waals surface area (Å²) >= 11 is 0. The van der Waals surface area contributed by atoms with E-state index >= 15 is 0 Å². The van der Waals surface area contributed by atoms with Gasteiger partial charge in [-0.25, -0.2) is 0 Å². The summed E-state index contributed by atoms with van der Waals surface area (Å²) in [6.45, 7) is 4.92. The van der Waals surface area contributed by atoms with Gasteiger partial charge in [0, 0.05) is 6.61 Å². The van der Waals surface area contributed by atoms with Crippen LogP contribution in [0, 0.1) is 0 Å². The number of hydrogen-bond acceptors (Lipinski definition) is 2. The van der Waals surface area contributed by atoms with Gasteiger partial charge >= 0.3 is 0 Å². The summed E-state index contributed by atoms with van der Waals surface area (Å²) in [7, 11) is 0. The van der Waals surface area contributed by atoms with Gasteiger partial charge in [-0.3, -0.25) is 0 Å². The van der Waals surface area contributed by atoms with Crippen molar-refractivity contribution in [2.75, 3.05) is 13.2 Å². The van der Waals surface area contributed by atoms with Crippen LogP contribution in [-0.2, 0) is 10.3 Å². The molecule has 20 heavy (non-hydrogen) atoms. The molecule has 0 aliphatic carbocycles. The van der Waals surface area contributed by atoms with Crippen molar-refractivity contribution >= 4 is 0 Å². The molecule has 0 saturated carbocycles. The number of hydrogen-bond donors (Lipinski definition) is 1. The van der Waals surface area contributed by atoms with E-state index in [0.717, 1.165) is 18.4 Å². The van der Waals surface area contributed by atoms with Crippen LogP contribution in [0.2, 0.25) is 0 Å². The van der Waals surface area contributed by atoms with Gasteiger partial charge in [-0.05, 0) is 18.9 Å². The van der Waals surface area contributed by atoms with E-state index in [1.807, 2.05) is 25.1 Å². The van der Waals surface area contributed by atoms with Crippen molar-refractivity contribution in [1.29, 1.82) is 0 Å². The molecular weight excluding hydrogens is 248 g/mol. The third-order valence-corrected chi connectivity index (χ3v) is 3.91. The first-order valence-electron chi connectivity index (χ1n) is 8.09. The van der Waals surface area contributed by atoms with Gasteiger partial charge in [0.25, 0.3) is 0 Å². The Kier molecular flexibility index (Phi) is 8.56. The van der Waals surface area contributed by atoms with Crippen LogP contribution in [0.3, 0.4) is 0 Å². The average Bonchev–Trinajstić information content (AvgIpc) is 2.50. The minimum Gasteiger partial charge on any atom is -0.393 e. The maximum Gasteiger partial charge on any atom is 0.116 e. The van der Waals surface area contributed by atoms with Crippen LogP contribution in [0.15, 0.2) is 30.3 Å². The van der Waals surface area contributed by atoms with Crippen LogP contribution in [0.25, 0.3) is 0 Å². The van der Waals surface area contributed by atoms with Gasteiger partial charge < -0.3 is 9.84 Å². The number of aliphatic hydroxyl groups is 1. The molecule has 1 aromatic carbocycles. The van der Waals surface area contributed by atoms with Gasteiger partial charge in [-0.2, -0.15) is 0 Å². The third-order valence-electron chi connectivity index (χ3n) is 3.91. The largest absolute Gasteiger partial charge is 0.393 e. The number of ether oxygens (including phenoxy) is 1. The third kappa shape index (κ3) is 5.26. The molecule has 1 rings (SSSR count). The summed E-state index contributed by atoms with van der Waals surface area (Å²) in [5.74, 6) is 0. The topological polar surface area (TPSA) is 29.5 Å². The molecule has 1 aromatic rings. The van der Waals surface area contributed by atoms with E-state index in [2.05, 4.69) is 19.1 Å². The minimum atomic E-state index is -0.513. The SMILES string of the molecule is CCCCCCCCC(CO)(OCC)c1ccccc1. The lowest BCUT2D eigenvalue weighted by molar-refractivity contribution is -0.0874. The maximum absolute atomic E-state index is 9.88. The van der Waals surface area contributed by atoms with Crippen LogP contribution in [0.5, 0.6) is 0 Å². The van der Waals surface area contributed by atoms with Gasteiger partial charge in [0.2, 0.25) is 0 Å². The molecule has 0 aliphatic rings. The molecule has 0 fully saturated rings. The molecule has 0 aromatic heterocycles. The summed E-state index contributed by atoms with van der Waals surface area (Å²) in [6.07, 6.45) is 8.45. The van der Waals surface area contributed by atoms with Crippen molar-refractivity contribution in [3.63, 3.8) is 0 Å². The minimum absolute atomic E-state index is 0.0554. The van der Waals surface area contributed by atoms with Crippen molar-refractivity contribution in [2.45, 2.75) is 64.4 Å². The summed E-state index contributed by atoms with van der Waals surface area (Å²) in [4.78, 5) is 0. The first-order valence-corrected chi connectivity index (χ1v) is 8.09. The van der Waals surface area contributed by atoms with Crippen molar-refractivity contribution in [3.05, 3.63) is 35.9 Å². The number of rotatable bonds is 11. The van der Waals surface area contributed by atoms with E-state index in [1.54, 1.807) is 0 Å². The standard InChI is InChI=1S/C18H30O2/c1-3-5-6-7-8-12-15-18(16-19,20-4-2)17-13-10-9-11-14-17/h9-11,13-14,19H,3-8,12,15-16H2,1-2H3. The van der Waals surface area contributed by atoms with Gasteiger partial charge in [0.15, 0.2) is 0 Å². The summed E-state index contributed by atoms with van der Waals surface area (Å²) in [5.41, 5.74) is 0.582. The Bertz CT molecular complexity index is 337. The molecular formula is C18H30O2. The van der Waals surface area contributed by atoms with Crippen molar-refractivity contribution in [1.82, 2.24) is 0 Å². The molecule has 2 nitrogen and oxygen atoms in total. The lowest BCUT2D eigenvalue weighted by atomic mass is 9.88. The first-order chi connectivity index (χ1) is 9.79. The highest BCUT2D eigenvalue weighted by Gasteiger charge is 2.31. The highest BCUT2D eigenvalue weighted by Crippen LogP contribution is 2.31. The summed E-state index contributed by atoms with van der Waals surface area (Å²) < 4.78 is 5.94. The number of unbranched alkanes of at least 4 members (excludes halogenated alkanes) is 5. The Balaban J connectivity index is 2.56. The van der Waals surface area contributed by atoms with Gasteiger partial charge in [-0.15, -0.1) is 0 Å². The zero-order valence-corrected chi connectivity index (χ0v) is 13.1. The van der Waals surface area contributed by atoms with Crippen LogP contribution >= 0.6 is 0 Å². The van der Waals surface area contributed by atoms with E-state index in [0.29, 0.717) is 6.61 Å². The average molecular weight is 278 g/mol. The molecule has 0 aliphatic heterocycles. The second kappa shape index (κ2) is 9.95. The smallest absolute Gasteiger partial charge is 0.116 e. The lowest BCUT2D eigenvalue weighted by Crippen LogP contribution is -2.34. The molecule has 0 heterocycles. The zero-order valence-electron chi connectivity index (χ0n) is 13.1. The van der Waals surface area contributed by atoms with Crippen molar-refractivity contribution < 1.29 is 9.84 Å². The normalized spacial score (nSPS) is 14.2. The summed E-state index contributed by atoms with van der Waals surface area (Å²) in [5, 5.41) is 9.88. The van der Waals surface area contributed by atoms with Crippen molar-refractivity contribution in [3.8, 4) is 0 Å². The zero-order chi connectivity index (χ0) is 14.7. The highest BCUT2D eigenvalue weighted by atomic mass is 16.5. The molecule has 1 N–H and O–H groups in total. The van der Waals surface area contributed by atoms with E-state index < -0.39 is 5.60 Å². The Morgan fingerprint density at radius 2 is 1.60 bits per heavy atom. The van der Waals surface area contributed by atoms with Crippen molar-refractivity contribution in [2.24, 2.45) is 0 Å². The quantitative estimate of drug-likeness (QED) is 0.596. The molecule has 114 valence electrons. The number of benzene rings is 1. The van der Waals surface area contributed by atoms with Gasteiger partial charge in [-0.1, -0.05) is 75.8 Å². The monoisotopic (exact) mass is 278 g/mol. The Morgan fingerprint density at radius 3 is 2.20 bits per heavy atom. The predicted octanol–water partition coefficient (Wildman–Crippen LogP) is 4.66. The molecule has 0 amide bonds. The predicted molar refractivity (Wildman–Crippen MR) is 84.8 cm³/mol. The van der Waals surface area contributed by atoms with E-state index in [-0.39, 0.29) is 6.61 Å². The number of aliphatic hydroxyl groups excluding tert-OH is 1. The first kappa shape index (κ1) is 17.2. The molecule has 1 atom stereocenters. The lowest BCUT2D eigenvalue weighted by Gasteiger charge is -2.32. The molecule has 2 heteroatoms. The van der Waals surface area contributed by atoms with E-state index in [1.165, 1.54) is 32.1 Å². The summed E-state index contributed by atoms with van der Waals surface area (Å²) in [6, 6.07) is 10.1. The molecule has 0 radical (unpaired) electrons. The molecule has 0 spiro atoms. The molecule has 1 unspecified atom stereocenters. The Morgan fingerprint density at radius 1 is 0.950 bits per heavy atom. The molecule has 0 bridgehead atoms. The maximum atomic E-state index is 9.88. The fourth-order valence-electron chi connectivity index (χ4n) is 2.72. The van der Waals surface area contributed by atoms with Crippen LogP contribution in [0.4, 0.5) is 0 Å². The fourth-order valence-corrected chi connectivity index (χ4v) is 2.72.